The van der Waals surface area contributed by atoms with Crippen LogP contribution in [0.3, 0.4) is 0 Å². The molecule has 0 N–H and O–H groups in total. The van der Waals surface area contributed by atoms with E-state index in [1.807, 2.05) is 11.8 Å². The average Bonchev–Trinajstić information content (AvgIpc) is 2.73. The Labute approximate surface area is 94.5 Å². The van der Waals surface area contributed by atoms with Crippen molar-refractivity contribution >= 4 is 11.9 Å². The molecule has 2 heterocycles. The van der Waals surface area contributed by atoms with Gasteiger partial charge in [-0.15, -0.1) is 0 Å². The topological polar surface area (TPSA) is 55.3 Å². The van der Waals surface area contributed by atoms with Gasteiger partial charge in [-0.05, 0) is 19.4 Å². The molecule has 1 aliphatic heterocycles. The van der Waals surface area contributed by atoms with Crippen LogP contribution in [0.25, 0.3) is 0 Å². The Morgan fingerprint density at radius 3 is 2.81 bits per heavy atom. The summed E-state index contributed by atoms with van der Waals surface area (Å²) in [5, 5.41) is 0. The number of hydrogen-bond donors (Lipinski definition) is 0. The number of nitrogens with zero attached hydrogens (tertiary/aromatic N) is 3. The van der Waals surface area contributed by atoms with E-state index in [1.54, 1.807) is 18.5 Å². The molecule has 16 heavy (non-hydrogen) atoms. The number of carbonyl (C=O) groups excluding carboxylic acids is 1. The fourth-order valence-corrected chi connectivity index (χ4v) is 2.00. The molecule has 2 rings (SSSR count). The van der Waals surface area contributed by atoms with Crippen LogP contribution in [-0.4, -0.2) is 36.1 Å². The molecule has 1 saturated heterocycles. The SMILES string of the molecule is COC(=O)C1(C)CCN(c2ncccn2)C1. The van der Waals surface area contributed by atoms with Crippen LogP contribution in [0.5, 0.6) is 0 Å². The zero-order valence-corrected chi connectivity index (χ0v) is 9.51. The smallest absolute Gasteiger partial charge is 0.313 e. The van der Waals surface area contributed by atoms with E-state index in [0.29, 0.717) is 12.5 Å². The van der Waals surface area contributed by atoms with Crippen LogP contribution in [-0.2, 0) is 9.53 Å². The predicted molar refractivity (Wildman–Crippen MR) is 59.0 cm³/mol. The van der Waals surface area contributed by atoms with Crippen LogP contribution in [0.4, 0.5) is 5.95 Å². The lowest BCUT2D eigenvalue weighted by Crippen LogP contribution is -2.33. The number of hydrogen-bond acceptors (Lipinski definition) is 5. The summed E-state index contributed by atoms with van der Waals surface area (Å²) in [5.41, 5.74) is -0.437. The van der Waals surface area contributed by atoms with Crippen molar-refractivity contribution in [3.8, 4) is 0 Å². The molecule has 1 aromatic heterocycles. The summed E-state index contributed by atoms with van der Waals surface area (Å²) in [7, 11) is 1.43. The molecule has 0 aliphatic carbocycles. The molecule has 1 fully saturated rings. The largest absolute Gasteiger partial charge is 0.469 e. The molecule has 0 spiro atoms. The van der Waals surface area contributed by atoms with Gasteiger partial charge in [0.25, 0.3) is 0 Å². The van der Waals surface area contributed by atoms with Crippen LogP contribution in [0, 0.1) is 5.41 Å². The highest BCUT2D eigenvalue weighted by Crippen LogP contribution is 2.32. The maximum Gasteiger partial charge on any atom is 0.313 e. The van der Waals surface area contributed by atoms with Crippen molar-refractivity contribution in [1.29, 1.82) is 0 Å². The number of rotatable bonds is 2. The molecular formula is C11H15N3O2. The molecule has 86 valence electrons. The molecule has 5 nitrogen and oxygen atoms in total. The van der Waals surface area contributed by atoms with E-state index < -0.39 is 5.41 Å². The lowest BCUT2D eigenvalue weighted by atomic mass is 9.90. The molecule has 0 amide bonds. The van der Waals surface area contributed by atoms with Crippen molar-refractivity contribution in [1.82, 2.24) is 9.97 Å². The predicted octanol–water partition coefficient (Wildman–Crippen LogP) is 0.866. The first kappa shape index (κ1) is 10.9. The quantitative estimate of drug-likeness (QED) is 0.693. The van der Waals surface area contributed by atoms with Crippen molar-refractivity contribution in [2.45, 2.75) is 13.3 Å². The van der Waals surface area contributed by atoms with Gasteiger partial charge in [-0.3, -0.25) is 4.79 Å². The highest BCUT2D eigenvalue weighted by atomic mass is 16.5. The van der Waals surface area contributed by atoms with E-state index in [4.69, 9.17) is 4.74 Å². The van der Waals surface area contributed by atoms with E-state index in [0.717, 1.165) is 13.0 Å². The highest BCUT2D eigenvalue weighted by molar-refractivity contribution is 5.78. The van der Waals surface area contributed by atoms with Crippen LogP contribution < -0.4 is 4.90 Å². The Morgan fingerprint density at radius 2 is 2.19 bits per heavy atom. The van der Waals surface area contributed by atoms with Gasteiger partial charge in [0.1, 0.15) is 0 Å². The second kappa shape index (κ2) is 4.08. The second-order valence-corrected chi connectivity index (χ2v) is 4.27. The van der Waals surface area contributed by atoms with E-state index >= 15 is 0 Å². The van der Waals surface area contributed by atoms with Gasteiger partial charge in [-0.25, -0.2) is 9.97 Å². The molecule has 5 heteroatoms. The summed E-state index contributed by atoms with van der Waals surface area (Å²) in [6, 6.07) is 1.78. The summed E-state index contributed by atoms with van der Waals surface area (Å²) in [6.45, 7) is 3.32. The molecule has 1 unspecified atom stereocenters. The van der Waals surface area contributed by atoms with Crippen LogP contribution in [0.15, 0.2) is 18.5 Å². The maximum absolute atomic E-state index is 11.6. The Morgan fingerprint density at radius 1 is 1.50 bits per heavy atom. The van der Waals surface area contributed by atoms with Gasteiger partial charge in [0, 0.05) is 25.5 Å². The Kier molecular flexibility index (Phi) is 2.77. The lowest BCUT2D eigenvalue weighted by Gasteiger charge is -2.21. The van der Waals surface area contributed by atoms with Gasteiger partial charge < -0.3 is 9.64 Å². The number of methoxy groups -OCH3 is 1. The van der Waals surface area contributed by atoms with Gasteiger partial charge in [0.2, 0.25) is 5.95 Å². The van der Waals surface area contributed by atoms with Crippen molar-refractivity contribution in [2.24, 2.45) is 5.41 Å². The van der Waals surface area contributed by atoms with Crippen LogP contribution in [0.2, 0.25) is 0 Å². The monoisotopic (exact) mass is 221 g/mol. The van der Waals surface area contributed by atoms with Gasteiger partial charge >= 0.3 is 5.97 Å². The fraction of sp³-hybridized carbons (Fsp3) is 0.545. The van der Waals surface area contributed by atoms with Gasteiger partial charge in [-0.2, -0.15) is 0 Å². The minimum atomic E-state index is -0.437. The van der Waals surface area contributed by atoms with Gasteiger partial charge in [0.15, 0.2) is 0 Å². The zero-order chi connectivity index (χ0) is 11.6. The second-order valence-electron chi connectivity index (χ2n) is 4.27. The van der Waals surface area contributed by atoms with Crippen molar-refractivity contribution in [3.63, 3.8) is 0 Å². The molecule has 1 atom stereocenters. The normalized spacial score (nSPS) is 24.5. The van der Waals surface area contributed by atoms with Crippen LogP contribution in [0.1, 0.15) is 13.3 Å². The molecule has 0 radical (unpaired) electrons. The summed E-state index contributed by atoms with van der Waals surface area (Å²) >= 11 is 0. The Bertz CT molecular complexity index is 382. The first-order valence-electron chi connectivity index (χ1n) is 5.26. The number of anilines is 1. The zero-order valence-electron chi connectivity index (χ0n) is 9.51. The molecule has 1 aliphatic rings. The third-order valence-electron chi connectivity index (χ3n) is 2.99. The van der Waals surface area contributed by atoms with E-state index in [1.165, 1.54) is 7.11 Å². The number of carbonyl (C=O) groups is 1. The summed E-state index contributed by atoms with van der Waals surface area (Å²) in [4.78, 5) is 22.0. The third kappa shape index (κ3) is 1.85. The standard InChI is InChI=1S/C11H15N3O2/c1-11(9(15)16-2)4-7-14(8-11)10-12-5-3-6-13-10/h3,5-6H,4,7-8H2,1-2H3. The fourth-order valence-electron chi connectivity index (χ4n) is 2.00. The molecule has 0 bridgehead atoms. The van der Waals surface area contributed by atoms with E-state index in [9.17, 15) is 4.79 Å². The van der Waals surface area contributed by atoms with E-state index in [-0.39, 0.29) is 5.97 Å². The Hall–Kier alpha value is -1.65. The minimum Gasteiger partial charge on any atom is -0.469 e. The van der Waals surface area contributed by atoms with Crippen molar-refractivity contribution in [3.05, 3.63) is 18.5 Å². The van der Waals surface area contributed by atoms with Crippen molar-refractivity contribution < 1.29 is 9.53 Å². The van der Waals surface area contributed by atoms with E-state index in [2.05, 4.69) is 9.97 Å². The highest BCUT2D eigenvalue weighted by Gasteiger charge is 2.42. The first-order valence-corrected chi connectivity index (χ1v) is 5.26. The summed E-state index contributed by atoms with van der Waals surface area (Å²) < 4.78 is 4.81. The molecular weight excluding hydrogens is 206 g/mol. The summed E-state index contributed by atoms with van der Waals surface area (Å²) in [6.07, 6.45) is 4.18. The number of aromatic nitrogens is 2. The van der Waals surface area contributed by atoms with Gasteiger partial charge in [-0.1, -0.05) is 0 Å². The van der Waals surface area contributed by atoms with Crippen molar-refractivity contribution in [2.75, 3.05) is 25.1 Å². The number of esters is 1. The lowest BCUT2D eigenvalue weighted by molar-refractivity contribution is -0.150. The minimum absolute atomic E-state index is 0.161. The summed E-state index contributed by atoms with van der Waals surface area (Å²) in [5.74, 6) is 0.515. The Balaban J connectivity index is 2.12. The average molecular weight is 221 g/mol. The maximum atomic E-state index is 11.6. The van der Waals surface area contributed by atoms with Crippen LogP contribution >= 0.6 is 0 Å². The third-order valence-corrected chi connectivity index (χ3v) is 2.99. The first-order chi connectivity index (χ1) is 7.65. The molecule has 0 saturated carbocycles. The molecule has 0 aromatic carbocycles. The van der Waals surface area contributed by atoms with Gasteiger partial charge in [0.05, 0.1) is 12.5 Å². The molecule has 1 aromatic rings. The number of ether oxygens (including phenoxy) is 1.